The van der Waals surface area contributed by atoms with Crippen molar-refractivity contribution in [1.29, 1.82) is 0 Å². The Hall–Kier alpha value is -3.46. The smallest absolute Gasteiger partial charge is 0.338 e. The number of esters is 1. The molecule has 0 spiro atoms. The fourth-order valence-electron chi connectivity index (χ4n) is 3.09. The Kier molecular flexibility index (Phi) is 4.46. The largest absolute Gasteiger partial charge is 0.465 e. The Morgan fingerprint density at radius 3 is 2.66 bits per heavy atom. The average molecular weight is 418 g/mol. The highest BCUT2D eigenvalue weighted by Crippen LogP contribution is 2.39. The molecule has 0 radical (unpaired) electrons. The zero-order chi connectivity index (χ0) is 20.9. The third-order valence-electron chi connectivity index (χ3n) is 4.50. The second-order valence-corrected chi connectivity index (χ2v) is 6.64. The molecule has 0 atom stereocenters. The third-order valence-corrected chi connectivity index (χ3v) is 4.94. The Morgan fingerprint density at radius 1 is 1.24 bits per heavy atom. The monoisotopic (exact) mass is 417 g/mol. The van der Waals surface area contributed by atoms with Gasteiger partial charge in [0.25, 0.3) is 0 Å². The average Bonchev–Trinajstić information content (AvgIpc) is 3.19. The van der Waals surface area contributed by atoms with E-state index in [-0.39, 0.29) is 39.0 Å². The zero-order valence-electron chi connectivity index (χ0n) is 15.3. The van der Waals surface area contributed by atoms with Crippen LogP contribution in [-0.2, 0) is 11.8 Å². The SMILES string of the molecule is COC(=O)c1ccn2c(N)c(-c3c(F)cc(F)cc3-c3ncn(C)c3Cl)nc2c1. The molecule has 148 valence electrons. The molecule has 3 aromatic heterocycles. The number of hydrogen-bond donors (Lipinski definition) is 1. The summed E-state index contributed by atoms with van der Waals surface area (Å²) in [5.41, 5.74) is 7.06. The van der Waals surface area contributed by atoms with Crippen LogP contribution in [0.3, 0.4) is 0 Å². The molecule has 2 N–H and O–H groups in total. The summed E-state index contributed by atoms with van der Waals surface area (Å²) in [5, 5.41) is 0.201. The van der Waals surface area contributed by atoms with Crippen LogP contribution in [0.1, 0.15) is 10.4 Å². The maximum absolute atomic E-state index is 14.9. The van der Waals surface area contributed by atoms with Crippen molar-refractivity contribution in [3.05, 3.63) is 59.1 Å². The van der Waals surface area contributed by atoms with Crippen molar-refractivity contribution in [2.24, 2.45) is 7.05 Å². The number of halogens is 3. The van der Waals surface area contributed by atoms with Crippen molar-refractivity contribution < 1.29 is 18.3 Å². The van der Waals surface area contributed by atoms with Gasteiger partial charge in [-0.05, 0) is 18.2 Å². The molecule has 7 nitrogen and oxygen atoms in total. The van der Waals surface area contributed by atoms with Crippen molar-refractivity contribution in [3.63, 3.8) is 0 Å². The van der Waals surface area contributed by atoms with E-state index in [9.17, 15) is 13.6 Å². The number of nitrogen functional groups attached to an aromatic ring is 1. The lowest BCUT2D eigenvalue weighted by Gasteiger charge is -2.09. The number of methoxy groups -OCH3 is 1. The number of nitrogens with two attached hydrogens (primary N) is 1. The highest BCUT2D eigenvalue weighted by molar-refractivity contribution is 6.32. The Balaban J connectivity index is 2.00. The molecule has 0 saturated carbocycles. The molecule has 0 amide bonds. The van der Waals surface area contributed by atoms with E-state index < -0.39 is 17.6 Å². The number of rotatable bonds is 3. The molecule has 3 heterocycles. The Bertz CT molecular complexity index is 1280. The first kappa shape index (κ1) is 18.9. The summed E-state index contributed by atoms with van der Waals surface area (Å²) in [6, 6.07) is 4.81. The van der Waals surface area contributed by atoms with E-state index in [2.05, 4.69) is 9.97 Å². The Labute approximate surface area is 168 Å². The maximum Gasteiger partial charge on any atom is 0.338 e. The predicted molar refractivity (Wildman–Crippen MR) is 104 cm³/mol. The minimum atomic E-state index is -0.870. The van der Waals surface area contributed by atoms with E-state index in [0.29, 0.717) is 5.65 Å². The lowest BCUT2D eigenvalue weighted by molar-refractivity contribution is 0.0600. The molecule has 29 heavy (non-hydrogen) atoms. The number of carbonyl (C=O) groups excluding carboxylic acids is 1. The van der Waals surface area contributed by atoms with Crippen LogP contribution < -0.4 is 5.73 Å². The van der Waals surface area contributed by atoms with Gasteiger partial charge in [-0.15, -0.1) is 0 Å². The minimum Gasteiger partial charge on any atom is -0.465 e. The zero-order valence-corrected chi connectivity index (χ0v) is 16.0. The van der Waals surface area contributed by atoms with Gasteiger partial charge in [-0.3, -0.25) is 4.40 Å². The lowest BCUT2D eigenvalue weighted by atomic mass is 10.0. The van der Waals surface area contributed by atoms with Crippen LogP contribution in [0.2, 0.25) is 5.15 Å². The van der Waals surface area contributed by atoms with Crippen LogP contribution >= 0.6 is 11.6 Å². The summed E-state index contributed by atoms with van der Waals surface area (Å²) in [6.07, 6.45) is 2.95. The molecular weight excluding hydrogens is 404 g/mol. The summed E-state index contributed by atoms with van der Waals surface area (Å²) in [6.45, 7) is 0. The topological polar surface area (TPSA) is 87.4 Å². The molecule has 0 aliphatic carbocycles. The number of anilines is 1. The number of aryl methyl sites for hydroxylation is 1. The maximum atomic E-state index is 14.9. The van der Waals surface area contributed by atoms with Gasteiger partial charge in [-0.25, -0.2) is 23.5 Å². The van der Waals surface area contributed by atoms with Gasteiger partial charge in [0.05, 0.1) is 19.0 Å². The number of pyridine rings is 1. The summed E-state index contributed by atoms with van der Waals surface area (Å²) < 4.78 is 36.6. The number of hydrogen-bond acceptors (Lipinski definition) is 5. The molecule has 0 aliphatic rings. The molecule has 0 unspecified atom stereocenters. The fourth-order valence-corrected chi connectivity index (χ4v) is 3.28. The molecule has 4 rings (SSSR count). The first-order chi connectivity index (χ1) is 13.8. The van der Waals surface area contributed by atoms with Crippen molar-refractivity contribution in [2.45, 2.75) is 0 Å². The third kappa shape index (κ3) is 2.99. The van der Waals surface area contributed by atoms with E-state index in [1.54, 1.807) is 7.05 Å². The quantitative estimate of drug-likeness (QED) is 0.513. The van der Waals surface area contributed by atoms with Gasteiger partial charge in [0.1, 0.15) is 39.6 Å². The van der Waals surface area contributed by atoms with Crippen LogP contribution in [0, 0.1) is 11.6 Å². The number of nitrogens with zero attached hydrogens (tertiary/aromatic N) is 4. The number of fused-ring (bicyclic) bond motifs is 1. The fraction of sp³-hybridized carbons (Fsp3) is 0.105. The summed E-state index contributed by atoms with van der Waals surface area (Å²) >= 11 is 6.24. The van der Waals surface area contributed by atoms with E-state index in [4.69, 9.17) is 22.1 Å². The van der Waals surface area contributed by atoms with Crippen LogP contribution in [0.15, 0.2) is 36.8 Å². The first-order valence-electron chi connectivity index (χ1n) is 8.34. The summed E-state index contributed by atoms with van der Waals surface area (Å²) in [5.74, 6) is -2.11. The van der Waals surface area contributed by atoms with Crippen LogP contribution in [0.4, 0.5) is 14.6 Å². The van der Waals surface area contributed by atoms with E-state index >= 15 is 0 Å². The minimum absolute atomic E-state index is 0.0483. The lowest BCUT2D eigenvalue weighted by Crippen LogP contribution is -2.02. The number of imidazole rings is 2. The Morgan fingerprint density at radius 2 is 2.00 bits per heavy atom. The molecule has 0 saturated heterocycles. The van der Waals surface area contributed by atoms with Gasteiger partial charge < -0.3 is 15.0 Å². The number of ether oxygens (including phenoxy) is 1. The molecule has 0 aliphatic heterocycles. The second kappa shape index (κ2) is 6.85. The number of benzene rings is 1. The van der Waals surface area contributed by atoms with E-state index in [1.807, 2.05) is 0 Å². The molecule has 0 bridgehead atoms. The van der Waals surface area contributed by atoms with E-state index in [1.165, 1.54) is 40.7 Å². The van der Waals surface area contributed by atoms with Crippen molar-refractivity contribution in [3.8, 4) is 22.5 Å². The molecule has 4 aromatic rings. The van der Waals surface area contributed by atoms with Gasteiger partial charge >= 0.3 is 5.97 Å². The van der Waals surface area contributed by atoms with Gasteiger partial charge in [-0.2, -0.15) is 0 Å². The van der Waals surface area contributed by atoms with Crippen molar-refractivity contribution in [2.75, 3.05) is 12.8 Å². The van der Waals surface area contributed by atoms with Gasteiger partial charge in [0, 0.05) is 30.4 Å². The van der Waals surface area contributed by atoms with Gasteiger partial charge in [-0.1, -0.05) is 11.6 Å². The first-order valence-corrected chi connectivity index (χ1v) is 8.72. The molecule has 0 fully saturated rings. The number of aromatic nitrogens is 4. The molecule has 10 heteroatoms. The van der Waals surface area contributed by atoms with Crippen LogP contribution in [0.5, 0.6) is 0 Å². The van der Waals surface area contributed by atoms with Crippen LogP contribution in [0.25, 0.3) is 28.2 Å². The summed E-state index contributed by atoms with van der Waals surface area (Å²) in [4.78, 5) is 20.3. The van der Waals surface area contributed by atoms with Crippen molar-refractivity contribution in [1.82, 2.24) is 18.9 Å². The van der Waals surface area contributed by atoms with Crippen molar-refractivity contribution >= 4 is 29.0 Å². The van der Waals surface area contributed by atoms with Gasteiger partial charge in [0.2, 0.25) is 0 Å². The van der Waals surface area contributed by atoms with E-state index in [0.717, 1.165) is 12.1 Å². The second-order valence-electron chi connectivity index (χ2n) is 6.29. The van der Waals surface area contributed by atoms with Crippen LogP contribution in [-0.4, -0.2) is 32.0 Å². The summed E-state index contributed by atoms with van der Waals surface area (Å²) in [7, 11) is 2.91. The standard InChI is InChI=1S/C19H14ClF2N5O2/c1-26-8-24-15(17(26)20)11-6-10(21)7-12(22)14(11)16-18(23)27-4-3-9(19(28)29-2)5-13(27)25-16/h3-8H,23H2,1-2H3. The highest BCUT2D eigenvalue weighted by Gasteiger charge is 2.24. The number of carbonyl (C=O) groups is 1. The molecular formula is C19H14ClF2N5O2. The van der Waals surface area contributed by atoms with Gasteiger partial charge in [0.15, 0.2) is 0 Å². The normalized spacial score (nSPS) is 11.2. The predicted octanol–water partition coefficient (Wildman–Crippen LogP) is 3.70. The molecule has 1 aromatic carbocycles. The highest BCUT2D eigenvalue weighted by atomic mass is 35.5.